The van der Waals surface area contributed by atoms with E-state index in [2.05, 4.69) is 0 Å². The van der Waals surface area contributed by atoms with E-state index in [1.165, 1.54) is 30.6 Å². The summed E-state index contributed by atoms with van der Waals surface area (Å²) in [6, 6.07) is 9.88. The monoisotopic (exact) mass is 431 g/mol. The second kappa shape index (κ2) is 10.5. The average molecular weight is 432 g/mol. The maximum atomic E-state index is 13.3. The van der Waals surface area contributed by atoms with Crippen LogP contribution in [0.15, 0.2) is 36.4 Å². The smallest absolute Gasteiger partial charge is 0.348 e. The lowest BCUT2D eigenvalue weighted by Gasteiger charge is -2.24. The summed E-state index contributed by atoms with van der Waals surface area (Å²) in [5.41, 5.74) is 0.682. The molecule has 2 aromatic rings. The Morgan fingerprint density at radius 3 is 2.87 bits per heavy atom. The quantitative estimate of drug-likeness (QED) is 0.529. The number of hydrogen-bond donors (Lipinski definition) is 0. The molecule has 0 saturated carbocycles. The number of Topliss-reactive ketones (excluding diaryl/α,β-unsaturated/α-hetero) is 1. The van der Waals surface area contributed by atoms with Crippen molar-refractivity contribution in [1.29, 1.82) is 0 Å². The summed E-state index contributed by atoms with van der Waals surface area (Å²) >= 11 is 1.42. The van der Waals surface area contributed by atoms with E-state index in [4.69, 9.17) is 4.74 Å². The van der Waals surface area contributed by atoms with E-state index >= 15 is 0 Å². The van der Waals surface area contributed by atoms with Crippen LogP contribution in [0.2, 0.25) is 0 Å². The lowest BCUT2D eigenvalue weighted by Crippen LogP contribution is -2.34. The molecule has 0 aliphatic carbocycles. The zero-order valence-corrected chi connectivity index (χ0v) is 17.9. The molecule has 2 heterocycles. The van der Waals surface area contributed by atoms with Crippen LogP contribution >= 0.6 is 11.3 Å². The maximum Gasteiger partial charge on any atom is 0.348 e. The van der Waals surface area contributed by atoms with Gasteiger partial charge >= 0.3 is 5.97 Å². The van der Waals surface area contributed by atoms with E-state index in [1.54, 1.807) is 18.2 Å². The maximum absolute atomic E-state index is 13.3. The predicted molar refractivity (Wildman–Crippen MR) is 113 cm³/mol. The Labute approximate surface area is 179 Å². The summed E-state index contributed by atoms with van der Waals surface area (Å²) in [6.07, 6.45) is 4.15. The average Bonchev–Trinajstić information content (AvgIpc) is 3.33. The summed E-state index contributed by atoms with van der Waals surface area (Å²) in [7, 11) is 1.36. The first kappa shape index (κ1) is 22.2. The minimum atomic E-state index is -0.336. The number of thiophene rings is 1. The van der Waals surface area contributed by atoms with E-state index in [1.807, 2.05) is 11.0 Å². The van der Waals surface area contributed by atoms with Crippen LogP contribution < -0.4 is 0 Å². The minimum Gasteiger partial charge on any atom is -0.465 e. The second-order valence-electron chi connectivity index (χ2n) is 7.52. The van der Waals surface area contributed by atoms with Gasteiger partial charge < -0.3 is 9.64 Å². The molecule has 7 heteroatoms. The van der Waals surface area contributed by atoms with Gasteiger partial charge in [-0.2, -0.15) is 0 Å². The first-order valence-electron chi connectivity index (χ1n) is 10.2. The highest BCUT2D eigenvalue weighted by molar-refractivity contribution is 7.13. The number of ether oxygens (including phenoxy) is 1. The predicted octanol–water partition coefficient (Wildman–Crippen LogP) is 4.19. The molecule has 160 valence electrons. The summed E-state index contributed by atoms with van der Waals surface area (Å²) in [5, 5.41) is 0. The number of carbonyl (C=O) groups excluding carboxylic acids is 3. The van der Waals surface area contributed by atoms with Crippen LogP contribution in [0.5, 0.6) is 0 Å². The lowest BCUT2D eigenvalue weighted by molar-refractivity contribution is -0.129. The van der Waals surface area contributed by atoms with Crippen molar-refractivity contribution >= 4 is 29.0 Å². The molecule has 1 aromatic carbocycles. The number of halogens is 1. The van der Waals surface area contributed by atoms with Crippen LogP contribution in [0.1, 0.15) is 52.2 Å². The van der Waals surface area contributed by atoms with Crippen molar-refractivity contribution in [2.24, 2.45) is 0 Å². The van der Waals surface area contributed by atoms with Crippen molar-refractivity contribution in [3.8, 4) is 0 Å². The molecule has 1 saturated heterocycles. The van der Waals surface area contributed by atoms with Crippen molar-refractivity contribution in [3.63, 3.8) is 0 Å². The highest BCUT2D eigenvalue weighted by atomic mass is 32.1. The number of benzene rings is 1. The molecule has 1 atom stereocenters. The van der Waals surface area contributed by atoms with Crippen LogP contribution in [0.3, 0.4) is 0 Å². The van der Waals surface area contributed by atoms with E-state index < -0.39 is 0 Å². The zero-order chi connectivity index (χ0) is 21.5. The largest absolute Gasteiger partial charge is 0.465 e. The van der Waals surface area contributed by atoms with E-state index in [0.717, 1.165) is 24.1 Å². The normalized spacial score (nSPS) is 16.1. The number of carbonyl (C=O) groups is 3. The fraction of sp³-hybridized carbons (Fsp3) is 0.435. The summed E-state index contributed by atoms with van der Waals surface area (Å²) in [6.45, 7) is 0.646. The highest BCUT2D eigenvalue weighted by Crippen LogP contribution is 2.25. The fourth-order valence-electron chi connectivity index (χ4n) is 3.84. The van der Waals surface area contributed by atoms with Gasteiger partial charge in [0.1, 0.15) is 16.5 Å². The van der Waals surface area contributed by atoms with Gasteiger partial charge in [-0.25, -0.2) is 9.18 Å². The minimum absolute atomic E-state index is 0.0637. The highest BCUT2D eigenvalue weighted by Gasteiger charge is 2.30. The fourth-order valence-corrected chi connectivity index (χ4v) is 4.81. The molecule has 5 nitrogen and oxygen atoms in total. The lowest BCUT2D eigenvalue weighted by atomic mass is 10.0. The molecular weight excluding hydrogens is 405 g/mol. The topological polar surface area (TPSA) is 63.7 Å². The molecule has 1 amide bonds. The van der Waals surface area contributed by atoms with Gasteiger partial charge in [0.05, 0.1) is 7.11 Å². The summed E-state index contributed by atoms with van der Waals surface area (Å²) in [4.78, 5) is 39.7. The number of rotatable bonds is 10. The van der Waals surface area contributed by atoms with Gasteiger partial charge in [-0.15, -0.1) is 11.3 Å². The van der Waals surface area contributed by atoms with Crippen LogP contribution in [0, 0.1) is 5.82 Å². The Bertz CT molecular complexity index is 910. The third-order valence-electron chi connectivity index (χ3n) is 5.37. The molecule has 1 aromatic heterocycles. The molecule has 3 rings (SSSR count). The van der Waals surface area contributed by atoms with Gasteiger partial charge in [0, 0.05) is 36.7 Å². The van der Waals surface area contributed by atoms with Crippen LogP contribution in [-0.2, 0) is 27.2 Å². The molecular formula is C23H26FNO4S. The van der Waals surface area contributed by atoms with Crippen LogP contribution in [0.4, 0.5) is 4.39 Å². The Kier molecular flexibility index (Phi) is 7.74. The Morgan fingerprint density at radius 1 is 1.27 bits per heavy atom. The summed E-state index contributed by atoms with van der Waals surface area (Å²) < 4.78 is 18.0. The Balaban J connectivity index is 1.45. The van der Waals surface area contributed by atoms with E-state index in [-0.39, 0.29) is 35.9 Å². The van der Waals surface area contributed by atoms with Gasteiger partial charge in [-0.05, 0) is 55.5 Å². The number of aryl methyl sites for hydroxylation is 1. The zero-order valence-electron chi connectivity index (χ0n) is 17.1. The van der Waals surface area contributed by atoms with Crippen molar-refractivity contribution in [3.05, 3.63) is 57.5 Å². The number of hydrogen-bond acceptors (Lipinski definition) is 5. The Morgan fingerprint density at radius 2 is 2.10 bits per heavy atom. The molecule has 0 radical (unpaired) electrons. The van der Waals surface area contributed by atoms with Gasteiger partial charge in [-0.1, -0.05) is 12.1 Å². The molecule has 0 spiro atoms. The second-order valence-corrected chi connectivity index (χ2v) is 8.69. The molecule has 0 N–H and O–H groups in total. The Hall–Kier alpha value is -2.54. The van der Waals surface area contributed by atoms with Gasteiger partial charge in [-0.3, -0.25) is 9.59 Å². The van der Waals surface area contributed by atoms with E-state index in [9.17, 15) is 18.8 Å². The summed E-state index contributed by atoms with van der Waals surface area (Å²) in [5.74, 6) is -0.464. The van der Waals surface area contributed by atoms with Crippen molar-refractivity contribution < 1.29 is 23.5 Å². The van der Waals surface area contributed by atoms with Crippen molar-refractivity contribution in [2.45, 2.75) is 51.0 Å². The standard InChI is InChI=1S/C23H26FNO4S/c1-29-23(28)21-11-10-20(30-21)6-3-13-25-18(8-12-22(25)27)7-9-19(26)15-16-4-2-5-17(24)14-16/h2,4-5,10-11,14,18H,3,6-9,12-13,15H2,1H3/t18-/m0/s1. The number of nitrogens with zero attached hydrogens (tertiary/aromatic N) is 1. The number of ketones is 1. The first-order chi connectivity index (χ1) is 14.5. The SMILES string of the molecule is COC(=O)c1ccc(CCCN2C(=O)CC[C@@H]2CCC(=O)Cc2cccc(F)c2)s1. The van der Waals surface area contributed by atoms with Gasteiger partial charge in [0.15, 0.2) is 0 Å². The molecule has 0 bridgehead atoms. The van der Waals surface area contributed by atoms with Crippen molar-refractivity contribution in [1.82, 2.24) is 4.90 Å². The van der Waals surface area contributed by atoms with Crippen LogP contribution in [0.25, 0.3) is 0 Å². The van der Waals surface area contributed by atoms with Crippen LogP contribution in [-0.4, -0.2) is 42.3 Å². The number of amides is 1. The first-order valence-corrected chi connectivity index (χ1v) is 11.0. The van der Waals surface area contributed by atoms with Gasteiger partial charge in [0.2, 0.25) is 5.91 Å². The number of methoxy groups -OCH3 is 1. The molecule has 1 aliphatic rings. The van der Waals surface area contributed by atoms with E-state index in [0.29, 0.717) is 36.2 Å². The number of likely N-dealkylation sites (tertiary alicyclic amines) is 1. The number of esters is 1. The molecule has 30 heavy (non-hydrogen) atoms. The van der Waals surface area contributed by atoms with Gasteiger partial charge in [0.25, 0.3) is 0 Å². The molecule has 0 unspecified atom stereocenters. The van der Waals surface area contributed by atoms with Crippen molar-refractivity contribution in [2.75, 3.05) is 13.7 Å². The third-order valence-corrected chi connectivity index (χ3v) is 6.49. The molecule has 1 aliphatic heterocycles. The molecule has 1 fully saturated rings. The third kappa shape index (κ3) is 5.98.